The Morgan fingerprint density at radius 1 is 1.36 bits per heavy atom. The largest absolute Gasteiger partial charge is 0.323 e. The SMILES string of the molecule is C=C/C(=C\C(=N/N)C(C)(C)C)C(C)C. The molecule has 0 saturated carbocycles. The zero-order valence-corrected chi connectivity index (χ0v) is 9.96. The fourth-order valence-corrected chi connectivity index (χ4v) is 1.07. The normalized spacial score (nSPS) is 14.7. The third-order valence-electron chi connectivity index (χ3n) is 2.11. The van der Waals surface area contributed by atoms with E-state index >= 15 is 0 Å². The second-order valence-corrected chi connectivity index (χ2v) is 4.77. The van der Waals surface area contributed by atoms with Gasteiger partial charge in [-0.1, -0.05) is 47.3 Å². The van der Waals surface area contributed by atoms with Crippen LogP contribution in [0.1, 0.15) is 34.6 Å². The molecular formula is C12H22N2. The Morgan fingerprint density at radius 3 is 2.07 bits per heavy atom. The van der Waals surface area contributed by atoms with E-state index in [1.165, 1.54) is 5.57 Å². The van der Waals surface area contributed by atoms with Gasteiger partial charge in [0.15, 0.2) is 0 Å². The van der Waals surface area contributed by atoms with E-state index in [0.29, 0.717) is 5.92 Å². The summed E-state index contributed by atoms with van der Waals surface area (Å²) in [7, 11) is 0. The predicted octanol–water partition coefficient (Wildman–Crippen LogP) is 3.12. The summed E-state index contributed by atoms with van der Waals surface area (Å²) in [4.78, 5) is 0. The molecule has 0 saturated heterocycles. The predicted molar refractivity (Wildman–Crippen MR) is 64.2 cm³/mol. The molecule has 0 aliphatic carbocycles. The topological polar surface area (TPSA) is 38.4 Å². The first-order chi connectivity index (χ1) is 6.32. The van der Waals surface area contributed by atoms with E-state index in [9.17, 15) is 0 Å². The summed E-state index contributed by atoms with van der Waals surface area (Å²) in [5.74, 6) is 5.82. The van der Waals surface area contributed by atoms with Crippen LogP contribution >= 0.6 is 0 Å². The van der Waals surface area contributed by atoms with Gasteiger partial charge in [-0.05, 0) is 17.6 Å². The number of nitrogens with zero attached hydrogens (tertiary/aromatic N) is 1. The van der Waals surface area contributed by atoms with Gasteiger partial charge in [0.05, 0.1) is 5.71 Å². The smallest absolute Gasteiger partial charge is 0.0656 e. The maximum absolute atomic E-state index is 5.37. The second-order valence-electron chi connectivity index (χ2n) is 4.77. The maximum Gasteiger partial charge on any atom is 0.0656 e. The van der Waals surface area contributed by atoms with E-state index in [2.05, 4.69) is 46.3 Å². The highest BCUT2D eigenvalue weighted by Gasteiger charge is 2.17. The summed E-state index contributed by atoms with van der Waals surface area (Å²) in [5, 5.41) is 3.82. The molecule has 0 spiro atoms. The number of hydrogen-bond acceptors (Lipinski definition) is 2. The van der Waals surface area contributed by atoms with Crippen molar-refractivity contribution < 1.29 is 0 Å². The molecular weight excluding hydrogens is 172 g/mol. The maximum atomic E-state index is 5.37. The average molecular weight is 194 g/mol. The van der Waals surface area contributed by atoms with Crippen LogP contribution in [0.25, 0.3) is 0 Å². The van der Waals surface area contributed by atoms with Gasteiger partial charge in [-0.25, -0.2) is 0 Å². The summed E-state index contributed by atoms with van der Waals surface area (Å²) >= 11 is 0. The van der Waals surface area contributed by atoms with Crippen LogP contribution in [0.3, 0.4) is 0 Å². The number of hydrazone groups is 1. The van der Waals surface area contributed by atoms with Crippen molar-refractivity contribution in [3.63, 3.8) is 0 Å². The fraction of sp³-hybridized carbons (Fsp3) is 0.583. The van der Waals surface area contributed by atoms with Crippen molar-refractivity contribution in [3.8, 4) is 0 Å². The zero-order chi connectivity index (χ0) is 11.4. The molecule has 0 radical (unpaired) electrons. The number of hydrogen-bond donors (Lipinski definition) is 1. The minimum absolute atomic E-state index is 0.0160. The first kappa shape index (κ1) is 12.9. The summed E-state index contributed by atoms with van der Waals surface area (Å²) in [6.45, 7) is 14.3. The molecule has 0 unspecified atom stereocenters. The van der Waals surface area contributed by atoms with Gasteiger partial charge >= 0.3 is 0 Å². The lowest BCUT2D eigenvalue weighted by atomic mass is 9.87. The number of rotatable bonds is 3. The first-order valence-electron chi connectivity index (χ1n) is 4.95. The molecule has 0 rings (SSSR count). The molecule has 0 amide bonds. The Morgan fingerprint density at radius 2 is 1.86 bits per heavy atom. The molecule has 0 atom stereocenters. The molecule has 80 valence electrons. The molecule has 0 aromatic rings. The monoisotopic (exact) mass is 194 g/mol. The van der Waals surface area contributed by atoms with Crippen LogP contribution in [-0.4, -0.2) is 5.71 Å². The van der Waals surface area contributed by atoms with Crippen LogP contribution in [0, 0.1) is 11.3 Å². The van der Waals surface area contributed by atoms with Crippen molar-refractivity contribution in [2.75, 3.05) is 0 Å². The summed E-state index contributed by atoms with van der Waals surface area (Å²) < 4.78 is 0. The van der Waals surface area contributed by atoms with E-state index in [-0.39, 0.29) is 5.41 Å². The number of nitrogens with two attached hydrogens (primary N) is 1. The Bertz CT molecular complexity index is 252. The van der Waals surface area contributed by atoms with Crippen molar-refractivity contribution in [1.29, 1.82) is 0 Å². The highest BCUT2D eigenvalue weighted by Crippen LogP contribution is 2.20. The van der Waals surface area contributed by atoms with Crippen molar-refractivity contribution in [2.24, 2.45) is 22.3 Å². The van der Waals surface area contributed by atoms with Crippen LogP contribution in [0.2, 0.25) is 0 Å². The van der Waals surface area contributed by atoms with Crippen LogP contribution in [0.5, 0.6) is 0 Å². The molecule has 0 aromatic carbocycles. The lowest BCUT2D eigenvalue weighted by Crippen LogP contribution is -2.20. The highest BCUT2D eigenvalue weighted by molar-refractivity contribution is 5.99. The number of allylic oxidation sites excluding steroid dienone is 3. The Hall–Kier alpha value is -1.05. The summed E-state index contributed by atoms with van der Waals surface area (Å²) in [5.41, 5.74) is 2.06. The molecule has 2 N–H and O–H groups in total. The van der Waals surface area contributed by atoms with Crippen molar-refractivity contribution >= 4 is 5.71 Å². The standard InChI is InChI=1S/C12H22N2/c1-7-10(9(2)3)8-11(14-13)12(4,5)6/h7-9H,1,13H2,2-6H3/b10-8+,14-11+. The Kier molecular flexibility index (Phi) is 4.61. The lowest BCUT2D eigenvalue weighted by Gasteiger charge is -2.19. The van der Waals surface area contributed by atoms with Crippen LogP contribution < -0.4 is 5.84 Å². The van der Waals surface area contributed by atoms with Crippen molar-refractivity contribution in [2.45, 2.75) is 34.6 Å². The van der Waals surface area contributed by atoms with Crippen LogP contribution in [0.15, 0.2) is 29.4 Å². The van der Waals surface area contributed by atoms with E-state index in [1.54, 1.807) is 0 Å². The van der Waals surface area contributed by atoms with E-state index in [1.807, 2.05) is 12.2 Å². The molecule has 2 heteroatoms. The highest BCUT2D eigenvalue weighted by atomic mass is 15.1. The molecule has 0 bridgehead atoms. The van der Waals surface area contributed by atoms with Gasteiger partial charge in [0.25, 0.3) is 0 Å². The molecule has 2 nitrogen and oxygen atoms in total. The van der Waals surface area contributed by atoms with Gasteiger partial charge in [0, 0.05) is 5.41 Å². The van der Waals surface area contributed by atoms with Gasteiger partial charge in [0.2, 0.25) is 0 Å². The van der Waals surface area contributed by atoms with Crippen molar-refractivity contribution in [1.82, 2.24) is 0 Å². The third-order valence-corrected chi connectivity index (χ3v) is 2.11. The van der Waals surface area contributed by atoms with Gasteiger partial charge in [-0.15, -0.1) is 0 Å². The first-order valence-corrected chi connectivity index (χ1v) is 4.95. The zero-order valence-electron chi connectivity index (χ0n) is 9.96. The average Bonchev–Trinajstić information content (AvgIpc) is 2.03. The Labute approximate surface area is 87.6 Å². The lowest BCUT2D eigenvalue weighted by molar-refractivity contribution is 0.591. The summed E-state index contributed by atoms with van der Waals surface area (Å²) in [6.07, 6.45) is 3.89. The third kappa shape index (κ3) is 3.77. The van der Waals surface area contributed by atoms with Gasteiger partial charge in [0.1, 0.15) is 0 Å². The molecule has 0 aromatic heterocycles. The minimum Gasteiger partial charge on any atom is -0.323 e. The van der Waals surface area contributed by atoms with E-state index < -0.39 is 0 Å². The molecule has 0 heterocycles. The fourth-order valence-electron chi connectivity index (χ4n) is 1.07. The molecule has 0 fully saturated rings. The molecule has 14 heavy (non-hydrogen) atoms. The summed E-state index contributed by atoms with van der Waals surface area (Å²) in [6, 6.07) is 0. The molecule has 0 aliphatic heterocycles. The van der Waals surface area contributed by atoms with Gasteiger partial charge in [-0.2, -0.15) is 5.10 Å². The quantitative estimate of drug-likeness (QED) is 0.319. The van der Waals surface area contributed by atoms with E-state index in [4.69, 9.17) is 5.84 Å². The van der Waals surface area contributed by atoms with Crippen LogP contribution in [0.4, 0.5) is 0 Å². The van der Waals surface area contributed by atoms with Gasteiger partial charge < -0.3 is 5.84 Å². The van der Waals surface area contributed by atoms with Crippen molar-refractivity contribution in [3.05, 3.63) is 24.3 Å². The second kappa shape index (κ2) is 4.99. The Balaban J connectivity index is 5.02. The minimum atomic E-state index is -0.0160. The van der Waals surface area contributed by atoms with E-state index in [0.717, 1.165) is 5.71 Å². The van der Waals surface area contributed by atoms with Gasteiger partial charge in [-0.3, -0.25) is 0 Å². The molecule has 0 aliphatic rings. The van der Waals surface area contributed by atoms with Crippen LogP contribution in [-0.2, 0) is 0 Å².